The van der Waals surface area contributed by atoms with Crippen LogP contribution in [0.1, 0.15) is 40.5 Å². The Morgan fingerprint density at radius 1 is 1.00 bits per heavy atom. The lowest BCUT2D eigenvalue weighted by Crippen LogP contribution is -2.40. The highest BCUT2D eigenvalue weighted by Gasteiger charge is 2.58. The second-order valence-corrected chi connectivity index (χ2v) is 8.52. The molecule has 5 atom stereocenters. The number of hydrogen-bond donors (Lipinski definition) is 1. The molecule has 0 spiro atoms. The Bertz CT molecular complexity index is 706. The predicted octanol–water partition coefficient (Wildman–Crippen LogP) is 2.84. The molecule has 28 heavy (non-hydrogen) atoms. The zero-order valence-corrected chi connectivity index (χ0v) is 16.8. The zero-order chi connectivity index (χ0) is 19.9. The van der Waals surface area contributed by atoms with E-state index in [4.69, 9.17) is 23.7 Å². The van der Waals surface area contributed by atoms with Crippen molar-refractivity contribution in [2.24, 2.45) is 0 Å². The second-order valence-electron chi connectivity index (χ2n) is 8.52. The van der Waals surface area contributed by atoms with Crippen LogP contribution in [-0.4, -0.2) is 54.6 Å². The van der Waals surface area contributed by atoms with Crippen molar-refractivity contribution in [1.82, 2.24) is 0 Å². The quantitative estimate of drug-likeness (QED) is 0.832. The molecule has 3 aliphatic heterocycles. The van der Waals surface area contributed by atoms with E-state index >= 15 is 0 Å². The molecule has 4 rings (SSSR count). The molecule has 3 aliphatic rings. The van der Waals surface area contributed by atoms with Crippen LogP contribution in [0.15, 0.2) is 30.3 Å². The van der Waals surface area contributed by atoms with Gasteiger partial charge in [0.05, 0.1) is 12.7 Å². The van der Waals surface area contributed by atoms with Crippen molar-refractivity contribution < 1.29 is 28.5 Å². The molecular formula is C21H29NO6. The summed E-state index contributed by atoms with van der Waals surface area (Å²) < 4.78 is 30.2. The van der Waals surface area contributed by atoms with E-state index in [1.807, 2.05) is 58.0 Å². The summed E-state index contributed by atoms with van der Waals surface area (Å²) in [5.41, 5.74) is 0.788. The van der Waals surface area contributed by atoms with Gasteiger partial charge in [-0.05, 0) is 46.2 Å². The molecule has 0 bridgehead atoms. The van der Waals surface area contributed by atoms with Crippen LogP contribution >= 0.6 is 0 Å². The Morgan fingerprint density at radius 3 is 2.39 bits per heavy atom. The Hall–Kier alpha value is -1.51. The highest BCUT2D eigenvalue weighted by molar-refractivity contribution is 5.90. The zero-order valence-electron chi connectivity index (χ0n) is 16.8. The summed E-state index contributed by atoms with van der Waals surface area (Å²) in [5.74, 6) is -1.36. The largest absolute Gasteiger partial charge is 0.367 e. The topological polar surface area (TPSA) is 75.3 Å². The third-order valence-corrected chi connectivity index (χ3v) is 5.30. The molecule has 7 heteroatoms. The first-order chi connectivity index (χ1) is 13.2. The molecular weight excluding hydrogens is 362 g/mol. The van der Waals surface area contributed by atoms with Crippen molar-refractivity contribution in [3.63, 3.8) is 0 Å². The molecule has 1 N–H and O–H groups in total. The Morgan fingerprint density at radius 2 is 1.71 bits per heavy atom. The molecule has 0 aliphatic carbocycles. The number of amides is 1. The lowest BCUT2D eigenvalue weighted by Gasteiger charge is -2.27. The number of para-hydroxylation sites is 1. The van der Waals surface area contributed by atoms with Crippen molar-refractivity contribution >= 4 is 11.6 Å². The number of fused-ring (bicyclic) bond motifs is 1. The van der Waals surface area contributed by atoms with Crippen molar-refractivity contribution in [2.45, 2.75) is 82.6 Å². The first-order valence-electron chi connectivity index (χ1n) is 9.90. The number of benzene rings is 1. The van der Waals surface area contributed by atoms with Gasteiger partial charge in [0, 0.05) is 12.1 Å². The molecule has 1 aromatic rings. The van der Waals surface area contributed by atoms with E-state index in [1.165, 1.54) is 0 Å². The average molecular weight is 391 g/mol. The van der Waals surface area contributed by atoms with Gasteiger partial charge in [-0.25, -0.2) is 0 Å². The van der Waals surface area contributed by atoms with Gasteiger partial charge in [-0.1, -0.05) is 18.2 Å². The van der Waals surface area contributed by atoms with Crippen molar-refractivity contribution in [2.75, 3.05) is 11.9 Å². The van der Waals surface area contributed by atoms with Crippen LogP contribution in [0.4, 0.5) is 5.69 Å². The molecule has 0 unspecified atom stereocenters. The van der Waals surface area contributed by atoms with Gasteiger partial charge in [-0.15, -0.1) is 0 Å². The van der Waals surface area contributed by atoms with E-state index in [0.717, 1.165) is 5.69 Å². The first-order valence-corrected chi connectivity index (χ1v) is 9.90. The van der Waals surface area contributed by atoms with E-state index in [9.17, 15) is 4.79 Å². The van der Waals surface area contributed by atoms with E-state index < -0.39 is 11.6 Å². The maximum absolute atomic E-state index is 12.3. The van der Waals surface area contributed by atoms with E-state index in [2.05, 4.69) is 5.32 Å². The van der Waals surface area contributed by atoms with Gasteiger partial charge in [0.1, 0.15) is 24.4 Å². The normalized spacial score (nSPS) is 35.6. The van der Waals surface area contributed by atoms with E-state index in [-0.39, 0.29) is 36.4 Å². The monoisotopic (exact) mass is 391 g/mol. The number of nitrogens with one attached hydrogen (secondary N) is 1. The maximum atomic E-state index is 12.3. The minimum absolute atomic E-state index is 0.0467. The highest BCUT2D eigenvalue weighted by Crippen LogP contribution is 2.43. The fraction of sp³-hybridized carbons (Fsp3) is 0.667. The molecule has 1 aromatic carbocycles. The molecule has 3 heterocycles. The number of hydrogen-bond acceptors (Lipinski definition) is 6. The fourth-order valence-corrected chi connectivity index (χ4v) is 4.14. The summed E-state index contributed by atoms with van der Waals surface area (Å²) in [4.78, 5) is 12.3. The molecule has 0 aromatic heterocycles. The SMILES string of the molecule is CC1(C)O[C@@H]2[C@H](O1)[C@@H](CCC(=O)Nc1ccccc1)O[C@@H]2[C@H]1COC(C)(C)O1. The number of rotatable bonds is 5. The summed E-state index contributed by atoms with van der Waals surface area (Å²) in [6.07, 6.45) is -0.305. The molecule has 154 valence electrons. The van der Waals surface area contributed by atoms with Crippen LogP contribution in [0.2, 0.25) is 0 Å². The standard InChI is InChI=1S/C21H29NO6/c1-20(2)24-12-15(26-20)17-19-18(27-21(3,4)28-19)14(25-17)10-11-16(23)22-13-8-6-5-7-9-13/h5-9,14-15,17-19H,10-12H2,1-4H3,(H,22,23)/t14-,15-,17-,18-,19+/m1/s1. The summed E-state index contributed by atoms with van der Waals surface area (Å²) in [7, 11) is 0. The summed E-state index contributed by atoms with van der Waals surface area (Å²) in [6, 6.07) is 9.43. The van der Waals surface area contributed by atoms with Crippen LogP contribution < -0.4 is 5.32 Å². The predicted molar refractivity (Wildman–Crippen MR) is 102 cm³/mol. The number of ether oxygens (including phenoxy) is 5. The van der Waals surface area contributed by atoms with Crippen molar-refractivity contribution in [3.8, 4) is 0 Å². The summed E-state index contributed by atoms with van der Waals surface area (Å²) in [5, 5.41) is 2.91. The molecule has 1 amide bonds. The summed E-state index contributed by atoms with van der Waals surface area (Å²) >= 11 is 0. The minimum Gasteiger partial charge on any atom is -0.367 e. The van der Waals surface area contributed by atoms with Gasteiger partial charge in [0.25, 0.3) is 0 Å². The van der Waals surface area contributed by atoms with Gasteiger partial charge in [-0.2, -0.15) is 0 Å². The third-order valence-electron chi connectivity index (χ3n) is 5.30. The second kappa shape index (κ2) is 7.39. The lowest BCUT2D eigenvalue weighted by molar-refractivity contribution is -0.206. The fourth-order valence-electron chi connectivity index (χ4n) is 4.14. The Kier molecular flexibility index (Phi) is 5.22. The van der Waals surface area contributed by atoms with Gasteiger partial charge >= 0.3 is 0 Å². The van der Waals surface area contributed by atoms with Crippen LogP contribution in [0, 0.1) is 0 Å². The lowest BCUT2D eigenvalue weighted by atomic mass is 10.0. The molecule has 7 nitrogen and oxygen atoms in total. The van der Waals surface area contributed by atoms with Crippen LogP contribution in [0.5, 0.6) is 0 Å². The van der Waals surface area contributed by atoms with E-state index in [0.29, 0.717) is 19.4 Å². The Labute approximate surface area is 165 Å². The number of carbonyl (C=O) groups excluding carboxylic acids is 1. The average Bonchev–Trinajstić information content (AvgIpc) is 3.24. The summed E-state index contributed by atoms with van der Waals surface area (Å²) in [6.45, 7) is 8.03. The third kappa shape index (κ3) is 4.23. The van der Waals surface area contributed by atoms with Gasteiger partial charge in [0.2, 0.25) is 5.91 Å². The van der Waals surface area contributed by atoms with Gasteiger partial charge in [-0.3, -0.25) is 4.79 Å². The number of carbonyl (C=O) groups is 1. The number of anilines is 1. The van der Waals surface area contributed by atoms with Crippen LogP contribution in [0.25, 0.3) is 0 Å². The molecule has 0 radical (unpaired) electrons. The maximum Gasteiger partial charge on any atom is 0.224 e. The van der Waals surface area contributed by atoms with Crippen LogP contribution in [-0.2, 0) is 28.5 Å². The molecule has 0 saturated carbocycles. The minimum atomic E-state index is -0.684. The highest BCUT2D eigenvalue weighted by atomic mass is 16.8. The molecule has 3 fully saturated rings. The van der Waals surface area contributed by atoms with Crippen LogP contribution in [0.3, 0.4) is 0 Å². The van der Waals surface area contributed by atoms with Crippen molar-refractivity contribution in [1.29, 1.82) is 0 Å². The van der Waals surface area contributed by atoms with Crippen molar-refractivity contribution in [3.05, 3.63) is 30.3 Å². The van der Waals surface area contributed by atoms with Gasteiger partial charge < -0.3 is 29.0 Å². The smallest absolute Gasteiger partial charge is 0.224 e. The Balaban J connectivity index is 1.39. The molecule has 3 saturated heterocycles. The van der Waals surface area contributed by atoms with E-state index in [1.54, 1.807) is 0 Å². The first kappa shape index (κ1) is 19.8. The van der Waals surface area contributed by atoms with Gasteiger partial charge in [0.15, 0.2) is 11.6 Å².